The number of hydrogen-bond donors (Lipinski definition) is 1. The molecule has 0 spiro atoms. The monoisotopic (exact) mass is 442 g/mol. The molecule has 0 aliphatic carbocycles. The van der Waals surface area contributed by atoms with Gasteiger partial charge in [0.25, 0.3) is 11.6 Å². The van der Waals surface area contributed by atoms with E-state index in [4.69, 9.17) is 9.47 Å². The van der Waals surface area contributed by atoms with Crippen LogP contribution in [0.3, 0.4) is 0 Å². The number of hydrogen-bond acceptors (Lipinski definition) is 8. The van der Waals surface area contributed by atoms with Crippen molar-refractivity contribution in [3.63, 3.8) is 0 Å². The van der Waals surface area contributed by atoms with Gasteiger partial charge < -0.3 is 14.4 Å². The van der Waals surface area contributed by atoms with Crippen molar-refractivity contribution in [1.82, 2.24) is 4.98 Å². The van der Waals surface area contributed by atoms with Gasteiger partial charge in [0.1, 0.15) is 22.7 Å². The van der Waals surface area contributed by atoms with Crippen molar-refractivity contribution in [3.8, 4) is 11.5 Å². The summed E-state index contributed by atoms with van der Waals surface area (Å²) in [4.78, 5) is 30.5. The molecule has 1 amide bonds. The molecule has 10 heteroatoms. The molecule has 1 fully saturated rings. The van der Waals surface area contributed by atoms with Gasteiger partial charge in [-0.1, -0.05) is 11.3 Å². The van der Waals surface area contributed by atoms with Crippen molar-refractivity contribution in [2.75, 3.05) is 37.5 Å². The van der Waals surface area contributed by atoms with Crippen LogP contribution in [0.15, 0.2) is 30.3 Å². The maximum atomic E-state index is 12.8. The SMILES string of the molecule is COc1cc(OC)c2nc(NC(=O)c3ccc(N4CCCCC4)c([N+](=O)[O-])c3)sc2c1. The first-order chi connectivity index (χ1) is 15.0. The second-order valence-electron chi connectivity index (χ2n) is 7.16. The fourth-order valence-electron chi connectivity index (χ4n) is 3.68. The van der Waals surface area contributed by atoms with E-state index in [2.05, 4.69) is 10.3 Å². The number of nitrogens with zero attached hydrogens (tertiary/aromatic N) is 3. The van der Waals surface area contributed by atoms with Crippen LogP contribution < -0.4 is 19.7 Å². The van der Waals surface area contributed by atoms with Crippen LogP contribution in [-0.4, -0.2) is 43.1 Å². The van der Waals surface area contributed by atoms with Crippen molar-refractivity contribution in [3.05, 3.63) is 46.0 Å². The first-order valence-corrected chi connectivity index (χ1v) is 10.7. The lowest BCUT2D eigenvalue weighted by Gasteiger charge is -2.28. The van der Waals surface area contributed by atoms with E-state index in [9.17, 15) is 14.9 Å². The molecule has 0 bridgehead atoms. The lowest BCUT2D eigenvalue weighted by atomic mass is 10.1. The number of methoxy groups -OCH3 is 2. The second-order valence-corrected chi connectivity index (χ2v) is 8.19. The van der Waals surface area contributed by atoms with Crippen molar-refractivity contribution in [2.45, 2.75) is 19.3 Å². The highest BCUT2D eigenvalue weighted by molar-refractivity contribution is 7.22. The highest BCUT2D eigenvalue weighted by Gasteiger charge is 2.23. The topological polar surface area (TPSA) is 107 Å². The maximum absolute atomic E-state index is 12.8. The van der Waals surface area contributed by atoms with Gasteiger partial charge >= 0.3 is 0 Å². The minimum absolute atomic E-state index is 0.0646. The smallest absolute Gasteiger partial charge is 0.293 e. The van der Waals surface area contributed by atoms with E-state index in [0.717, 1.165) is 37.1 Å². The van der Waals surface area contributed by atoms with Gasteiger partial charge in [-0.25, -0.2) is 4.98 Å². The molecule has 1 N–H and O–H groups in total. The Morgan fingerprint density at radius 1 is 1.16 bits per heavy atom. The first kappa shape index (κ1) is 20.9. The zero-order valence-electron chi connectivity index (χ0n) is 17.2. The molecule has 1 saturated heterocycles. The average Bonchev–Trinajstić information content (AvgIpc) is 3.20. The molecule has 1 aliphatic heterocycles. The van der Waals surface area contributed by atoms with Crippen LogP contribution in [0.4, 0.5) is 16.5 Å². The Labute approximate surface area is 182 Å². The number of nitrogens with one attached hydrogen (secondary N) is 1. The van der Waals surface area contributed by atoms with E-state index >= 15 is 0 Å². The summed E-state index contributed by atoms with van der Waals surface area (Å²) in [5, 5.41) is 14.8. The molecule has 162 valence electrons. The van der Waals surface area contributed by atoms with E-state index in [0.29, 0.717) is 27.8 Å². The zero-order chi connectivity index (χ0) is 22.0. The molecule has 2 aromatic carbocycles. The van der Waals surface area contributed by atoms with Crippen molar-refractivity contribution in [2.24, 2.45) is 0 Å². The number of benzene rings is 2. The molecule has 0 saturated carbocycles. The number of piperidine rings is 1. The largest absolute Gasteiger partial charge is 0.497 e. The van der Waals surface area contributed by atoms with Crippen LogP contribution >= 0.6 is 11.3 Å². The summed E-state index contributed by atoms with van der Waals surface area (Å²) in [6.07, 6.45) is 3.14. The molecule has 0 atom stereocenters. The highest BCUT2D eigenvalue weighted by Crippen LogP contribution is 2.37. The highest BCUT2D eigenvalue weighted by atomic mass is 32.1. The van der Waals surface area contributed by atoms with E-state index in [1.807, 2.05) is 11.0 Å². The summed E-state index contributed by atoms with van der Waals surface area (Å²) in [5.41, 5.74) is 1.30. The fourth-order valence-corrected chi connectivity index (χ4v) is 4.59. The molecule has 0 radical (unpaired) electrons. The van der Waals surface area contributed by atoms with Crippen molar-refractivity contribution in [1.29, 1.82) is 0 Å². The minimum Gasteiger partial charge on any atom is -0.497 e. The summed E-state index contributed by atoms with van der Waals surface area (Å²) in [6.45, 7) is 1.56. The number of fused-ring (bicyclic) bond motifs is 1. The van der Waals surface area contributed by atoms with Crippen molar-refractivity contribution < 1.29 is 19.2 Å². The van der Waals surface area contributed by atoms with Gasteiger partial charge in [-0.3, -0.25) is 20.2 Å². The van der Waals surface area contributed by atoms with Crippen LogP contribution in [0.25, 0.3) is 10.2 Å². The standard InChI is InChI=1S/C21H22N4O5S/c1-29-14-11-17(30-2)19-18(12-14)31-21(22-19)23-20(26)13-6-7-15(16(10-13)25(27)28)24-8-4-3-5-9-24/h6-7,10-12H,3-5,8-9H2,1-2H3,(H,22,23,26). The number of ether oxygens (including phenoxy) is 2. The molecule has 1 aliphatic rings. The molecular weight excluding hydrogens is 420 g/mol. The molecule has 31 heavy (non-hydrogen) atoms. The number of nitro groups is 1. The van der Waals surface area contributed by atoms with Gasteiger partial charge in [0, 0.05) is 30.8 Å². The number of anilines is 2. The summed E-state index contributed by atoms with van der Waals surface area (Å²) < 4.78 is 11.4. The van der Waals surface area contributed by atoms with E-state index in [1.54, 1.807) is 25.3 Å². The lowest BCUT2D eigenvalue weighted by molar-refractivity contribution is -0.384. The number of carbonyl (C=O) groups is 1. The summed E-state index contributed by atoms with van der Waals surface area (Å²) >= 11 is 1.27. The van der Waals surface area contributed by atoms with E-state index in [-0.39, 0.29) is 11.3 Å². The van der Waals surface area contributed by atoms with E-state index in [1.165, 1.54) is 24.5 Å². The number of thiazole rings is 1. The predicted molar refractivity (Wildman–Crippen MR) is 120 cm³/mol. The van der Waals surface area contributed by atoms with Gasteiger partial charge in [-0.2, -0.15) is 0 Å². The molecule has 0 unspecified atom stereocenters. The number of amides is 1. The number of nitro benzene ring substituents is 1. The molecule has 9 nitrogen and oxygen atoms in total. The Balaban J connectivity index is 1.61. The van der Waals surface area contributed by atoms with Gasteiger partial charge in [0.15, 0.2) is 5.13 Å². The van der Waals surface area contributed by atoms with Crippen LogP contribution in [0.5, 0.6) is 11.5 Å². The van der Waals surface area contributed by atoms with Gasteiger partial charge in [0.05, 0.1) is 23.8 Å². The molecule has 1 aromatic heterocycles. The van der Waals surface area contributed by atoms with Crippen LogP contribution in [0.2, 0.25) is 0 Å². The summed E-state index contributed by atoms with van der Waals surface area (Å²) in [5.74, 6) is 0.695. The lowest BCUT2D eigenvalue weighted by Crippen LogP contribution is -2.30. The van der Waals surface area contributed by atoms with Crippen LogP contribution in [0.1, 0.15) is 29.6 Å². The third-order valence-corrected chi connectivity index (χ3v) is 6.16. The third kappa shape index (κ3) is 4.24. The number of rotatable bonds is 6. The van der Waals surface area contributed by atoms with E-state index < -0.39 is 10.8 Å². The third-order valence-electron chi connectivity index (χ3n) is 5.24. The molecule has 3 aromatic rings. The Bertz CT molecular complexity index is 1140. The Kier molecular flexibility index (Phi) is 5.90. The van der Waals surface area contributed by atoms with Crippen LogP contribution in [-0.2, 0) is 0 Å². The predicted octanol–water partition coefficient (Wildman–Crippen LogP) is 4.46. The molecule has 4 rings (SSSR count). The van der Waals surface area contributed by atoms with Crippen LogP contribution in [0, 0.1) is 10.1 Å². The molecule has 2 heterocycles. The van der Waals surface area contributed by atoms with Gasteiger partial charge in [-0.05, 0) is 37.5 Å². The maximum Gasteiger partial charge on any atom is 0.293 e. The Morgan fingerprint density at radius 3 is 2.61 bits per heavy atom. The first-order valence-electron chi connectivity index (χ1n) is 9.87. The summed E-state index contributed by atoms with van der Waals surface area (Å²) in [6, 6.07) is 8.13. The van der Waals surface area contributed by atoms with Crippen molar-refractivity contribution >= 4 is 44.0 Å². The molecular formula is C21H22N4O5S. The van der Waals surface area contributed by atoms with Gasteiger partial charge in [0.2, 0.25) is 0 Å². The normalized spacial score (nSPS) is 13.8. The Hall–Kier alpha value is -3.40. The van der Waals surface area contributed by atoms with Gasteiger partial charge in [-0.15, -0.1) is 0 Å². The Morgan fingerprint density at radius 2 is 1.94 bits per heavy atom. The quantitative estimate of drug-likeness (QED) is 0.443. The minimum atomic E-state index is -0.460. The average molecular weight is 442 g/mol. The number of aromatic nitrogens is 1. The summed E-state index contributed by atoms with van der Waals surface area (Å²) in [7, 11) is 3.10. The number of carbonyl (C=O) groups excluding carboxylic acids is 1. The fraction of sp³-hybridized carbons (Fsp3) is 0.333. The zero-order valence-corrected chi connectivity index (χ0v) is 18.0. The second kappa shape index (κ2) is 8.76.